The lowest BCUT2D eigenvalue weighted by molar-refractivity contribution is -0.384. The zero-order chi connectivity index (χ0) is 19.3. The van der Waals surface area contributed by atoms with E-state index in [1.165, 1.54) is 17.7 Å². The Kier molecular flexibility index (Phi) is 6.06. The first-order chi connectivity index (χ1) is 12.3. The highest BCUT2D eigenvalue weighted by Crippen LogP contribution is 2.21. The molecule has 0 saturated carbocycles. The average Bonchev–Trinajstić information content (AvgIpc) is 2.58. The summed E-state index contributed by atoms with van der Waals surface area (Å²) in [6.07, 6.45) is 0. The molecule has 7 heteroatoms. The lowest BCUT2D eigenvalue weighted by atomic mass is 10.1. The van der Waals surface area contributed by atoms with Crippen LogP contribution in [-0.4, -0.2) is 23.1 Å². The number of amides is 1. The third kappa shape index (κ3) is 4.89. The van der Waals surface area contributed by atoms with Gasteiger partial charge >= 0.3 is 0 Å². The summed E-state index contributed by atoms with van der Waals surface area (Å²) in [7, 11) is 0. The molecule has 0 fully saturated rings. The van der Waals surface area contributed by atoms with E-state index in [9.17, 15) is 14.9 Å². The Morgan fingerprint density at radius 2 is 1.81 bits per heavy atom. The molecule has 2 N–H and O–H groups in total. The van der Waals surface area contributed by atoms with E-state index in [2.05, 4.69) is 28.0 Å². The maximum Gasteiger partial charge on any atom is 0.270 e. The number of aryl methyl sites for hydroxylation is 3. The van der Waals surface area contributed by atoms with Crippen LogP contribution in [0.15, 0.2) is 41.5 Å². The number of hydrogen-bond acceptors (Lipinski definition) is 5. The van der Waals surface area contributed by atoms with E-state index in [1.54, 1.807) is 19.1 Å². The van der Waals surface area contributed by atoms with E-state index < -0.39 is 4.92 Å². The summed E-state index contributed by atoms with van der Waals surface area (Å²) >= 11 is 0. The summed E-state index contributed by atoms with van der Waals surface area (Å²) in [4.78, 5) is 22.4. The topological polar surface area (TPSA) is 96.6 Å². The summed E-state index contributed by atoms with van der Waals surface area (Å²) in [5.74, 6) is -0.297. The Balaban J connectivity index is 1.99. The van der Waals surface area contributed by atoms with Gasteiger partial charge in [0.15, 0.2) is 0 Å². The number of hydrogen-bond donors (Lipinski definition) is 2. The first kappa shape index (κ1) is 19.1. The summed E-state index contributed by atoms with van der Waals surface area (Å²) in [5.41, 5.74) is 7.78. The van der Waals surface area contributed by atoms with Gasteiger partial charge in [0.05, 0.1) is 17.2 Å². The number of anilines is 1. The summed E-state index contributed by atoms with van der Waals surface area (Å²) in [5, 5.41) is 18.0. The molecule has 0 aliphatic carbocycles. The molecule has 7 nitrogen and oxygen atoms in total. The van der Waals surface area contributed by atoms with Gasteiger partial charge in [0.1, 0.15) is 0 Å². The highest BCUT2D eigenvalue weighted by atomic mass is 16.6. The van der Waals surface area contributed by atoms with Crippen LogP contribution in [0.1, 0.15) is 29.2 Å². The number of nitro benzene ring substituents is 1. The number of benzene rings is 2. The van der Waals surface area contributed by atoms with E-state index in [0.717, 1.165) is 16.8 Å². The van der Waals surface area contributed by atoms with Crippen molar-refractivity contribution in [3.05, 3.63) is 68.8 Å². The monoisotopic (exact) mass is 354 g/mol. The number of nitrogens with one attached hydrogen (secondary N) is 2. The van der Waals surface area contributed by atoms with Gasteiger partial charge in [-0.05, 0) is 38.8 Å². The Morgan fingerprint density at radius 3 is 2.42 bits per heavy atom. The molecule has 0 aromatic heterocycles. The maximum atomic E-state index is 12.0. The SMILES string of the molecule is C/C(=N/NC(=O)CNc1c(C)cc(C)cc1C)c1cccc([N+](=O)[O-])c1. The van der Waals surface area contributed by atoms with Crippen molar-refractivity contribution in [3.63, 3.8) is 0 Å². The van der Waals surface area contributed by atoms with Crippen molar-refractivity contribution in [2.24, 2.45) is 5.10 Å². The van der Waals surface area contributed by atoms with Crippen molar-refractivity contribution in [1.29, 1.82) is 0 Å². The molecule has 0 aliphatic heterocycles. The average molecular weight is 354 g/mol. The minimum Gasteiger partial charge on any atom is -0.376 e. The number of nitro groups is 1. The number of carbonyl (C=O) groups is 1. The Hall–Kier alpha value is -3.22. The summed E-state index contributed by atoms with van der Waals surface area (Å²) < 4.78 is 0. The minimum atomic E-state index is -0.467. The largest absolute Gasteiger partial charge is 0.376 e. The van der Waals surface area contributed by atoms with Crippen LogP contribution < -0.4 is 10.7 Å². The van der Waals surface area contributed by atoms with E-state index in [1.807, 2.05) is 20.8 Å². The predicted octanol–water partition coefficient (Wildman–Crippen LogP) is 3.47. The second-order valence-electron chi connectivity index (χ2n) is 6.17. The standard InChI is InChI=1S/C19H22N4O3/c1-12-8-13(2)19(14(3)9-12)20-11-18(24)22-21-15(4)16-6-5-7-17(10-16)23(25)26/h5-10,20H,11H2,1-4H3,(H,22,24)/b21-15-. The summed E-state index contributed by atoms with van der Waals surface area (Å²) in [6.45, 7) is 7.77. The fourth-order valence-corrected chi connectivity index (χ4v) is 2.72. The zero-order valence-corrected chi connectivity index (χ0v) is 15.3. The molecule has 136 valence electrons. The molecule has 0 heterocycles. The van der Waals surface area contributed by atoms with Crippen LogP contribution >= 0.6 is 0 Å². The molecule has 1 amide bonds. The van der Waals surface area contributed by atoms with Crippen molar-refractivity contribution in [3.8, 4) is 0 Å². The van der Waals surface area contributed by atoms with Gasteiger partial charge in [-0.2, -0.15) is 5.10 Å². The fourth-order valence-electron chi connectivity index (χ4n) is 2.72. The molecule has 0 atom stereocenters. The smallest absolute Gasteiger partial charge is 0.270 e. The van der Waals surface area contributed by atoms with Crippen LogP contribution in [0.25, 0.3) is 0 Å². The van der Waals surface area contributed by atoms with Crippen molar-refractivity contribution >= 4 is 23.0 Å². The van der Waals surface area contributed by atoms with Gasteiger partial charge in [0.2, 0.25) is 0 Å². The van der Waals surface area contributed by atoms with Crippen molar-refractivity contribution < 1.29 is 9.72 Å². The second-order valence-corrected chi connectivity index (χ2v) is 6.17. The van der Waals surface area contributed by atoms with Crippen molar-refractivity contribution in [2.45, 2.75) is 27.7 Å². The first-order valence-electron chi connectivity index (χ1n) is 8.17. The zero-order valence-electron chi connectivity index (χ0n) is 15.3. The van der Waals surface area contributed by atoms with E-state index in [-0.39, 0.29) is 18.1 Å². The number of rotatable bonds is 6. The molecule has 0 radical (unpaired) electrons. The van der Waals surface area contributed by atoms with Gasteiger partial charge in [0, 0.05) is 23.4 Å². The molecule has 0 unspecified atom stereocenters. The van der Waals surface area contributed by atoms with Crippen LogP contribution in [0.2, 0.25) is 0 Å². The molecule has 0 aliphatic rings. The molecule has 0 bridgehead atoms. The number of hydrazone groups is 1. The number of non-ortho nitro benzene ring substituents is 1. The van der Waals surface area contributed by atoms with E-state index >= 15 is 0 Å². The van der Waals surface area contributed by atoms with E-state index in [0.29, 0.717) is 11.3 Å². The van der Waals surface area contributed by atoms with E-state index in [4.69, 9.17) is 0 Å². The van der Waals surface area contributed by atoms with Crippen LogP contribution in [0.5, 0.6) is 0 Å². The van der Waals surface area contributed by atoms with Gasteiger partial charge in [0.25, 0.3) is 11.6 Å². The molecule has 0 saturated heterocycles. The van der Waals surface area contributed by atoms with Gasteiger partial charge in [-0.1, -0.05) is 29.8 Å². The highest BCUT2D eigenvalue weighted by Gasteiger charge is 2.09. The van der Waals surface area contributed by atoms with Crippen LogP contribution in [-0.2, 0) is 4.79 Å². The predicted molar refractivity (Wildman–Crippen MR) is 103 cm³/mol. The van der Waals surface area contributed by atoms with Crippen molar-refractivity contribution in [1.82, 2.24) is 5.43 Å². The lowest BCUT2D eigenvalue weighted by Gasteiger charge is -2.13. The minimum absolute atomic E-state index is 0.0182. The molecule has 26 heavy (non-hydrogen) atoms. The van der Waals surface area contributed by atoms with Crippen molar-refractivity contribution in [2.75, 3.05) is 11.9 Å². The normalized spacial score (nSPS) is 11.2. The maximum absolute atomic E-state index is 12.0. The molecule has 0 spiro atoms. The molecular weight excluding hydrogens is 332 g/mol. The highest BCUT2D eigenvalue weighted by molar-refractivity contribution is 5.99. The van der Waals surface area contributed by atoms with Crippen LogP contribution in [0.3, 0.4) is 0 Å². The van der Waals surface area contributed by atoms with Gasteiger partial charge in [-0.25, -0.2) is 5.43 Å². The first-order valence-corrected chi connectivity index (χ1v) is 8.17. The Bertz CT molecular complexity index is 852. The number of nitrogens with zero attached hydrogens (tertiary/aromatic N) is 2. The third-order valence-electron chi connectivity index (χ3n) is 3.93. The van der Waals surface area contributed by atoms with Crippen LogP contribution in [0, 0.1) is 30.9 Å². The molecule has 2 aromatic rings. The number of carbonyl (C=O) groups excluding carboxylic acids is 1. The van der Waals surface area contributed by atoms with Gasteiger partial charge < -0.3 is 5.32 Å². The van der Waals surface area contributed by atoms with Gasteiger partial charge in [-0.3, -0.25) is 14.9 Å². The Morgan fingerprint density at radius 1 is 1.15 bits per heavy atom. The summed E-state index contributed by atoms with van der Waals surface area (Å²) in [6, 6.07) is 10.2. The third-order valence-corrected chi connectivity index (χ3v) is 3.93. The quantitative estimate of drug-likeness (QED) is 0.471. The molecule has 2 rings (SSSR count). The van der Waals surface area contributed by atoms with Crippen LogP contribution in [0.4, 0.5) is 11.4 Å². The molecule has 2 aromatic carbocycles. The Labute approximate surface area is 152 Å². The lowest BCUT2D eigenvalue weighted by Crippen LogP contribution is -2.27. The van der Waals surface area contributed by atoms with Gasteiger partial charge in [-0.15, -0.1) is 0 Å². The fraction of sp³-hybridized carbons (Fsp3) is 0.263. The second kappa shape index (κ2) is 8.24. The molecular formula is C19H22N4O3.